The van der Waals surface area contributed by atoms with Gasteiger partial charge in [-0.3, -0.25) is 0 Å². The van der Waals surface area contributed by atoms with Crippen LogP contribution in [0.25, 0.3) is 0 Å². The van der Waals surface area contributed by atoms with Crippen molar-refractivity contribution in [1.82, 2.24) is 0 Å². The van der Waals surface area contributed by atoms with Crippen LogP contribution in [0.5, 0.6) is 0 Å². The summed E-state index contributed by atoms with van der Waals surface area (Å²) in [5.41, 5.74) is 5.95. The summed E-state index contributed by atoms with van der Waals surface area (Å²) in [6, 6.07) is 0. The summed E-state index contributed by atoms with van der Waals surface area (Å²) in [6.07, 6.45) is 9.11. The first-order valence-electron chi connectivity index (χ1n) is 6.78. The van der Waals surface area contributed by atoms with Crippen LogP contribution in [0, 0.1) is 0 Å². The third-order valence-electron chi connectivity index (χ3n) is 4.26. The smallest absolute Gasteiger partial charge is 0.360 e. The van der Waals surface area contributed by atoms with Gasteiger partial charge in [0.2, 0.25) is 0 Å². The van der Waals surface area contributed by atoms with Crippen molar-refractivity contribution in [3.05, 3.63) is 46.6 Å². The highest BCUT2D eigenvalue weighted by Crippen LogP contribution is 2.49. The summed E-state index contributed by atoms with van der Waals surface area (Å²) in [5.74, 6) is 0. The molecule has 0 fully saturated rings. The van der Waals surface area contributed by atoms with Gasteiger partial charge in [0.1, 0.15) is 0 Å². The molecule has 2 nitrogen and oxygen atoms in total. The fourth-order valence-corrected chi connectivity index (χ4v) is 7.43. The first kappa shape index (κ1) is 14.5. The highest BCUT2D eigenvalue weighted by molar-refractivity contribution is 6.73. The number of hydrogen-bond donors (Lipinski definition) is 0. The molecular formula is C16H24O2Si. The lowest BCUT2D eigenvalue weighted by Crippen LogP contribution is -2.48. The molecule has 0 aromatic carbocycles. The Hall–Kier alpha value is -0.903. The van der Waals surface area contributed by atoms with Gasteiger partial charge in [-0.15, -0.1) is 0 Å². The molecule has 2 aliphatic carbocycles. The first-order valence-corrected chi connectivity index (χ1v) is 8.75. The van der Waals surface area contributed by atoms with Crippen molar-refractivity contribution < 1.29 is 8.85 Å². The normalized spacial score (nSPS) is 27.1. The van der Waals surface area contributed by atoms with Crippen LogP contribution in [-0.2, 0) is 8.85 Å². The van der Waals surface area contributed by atoms with Crippen LogP contribution in [0.1, 0.15) is 27.7 Å². The lowest BCUT2D eigenvalue weighted by Gasteiger charge is -2.37. The maximum absolute atomic E-state index is 6.04. The van der Waals surface area contributed by atoms with Crippen LogP contribution < -0.4 is 0 Å². The third kappa shape index (κ3) is 2.31. The van der Waals surface area contributed by atoms with Gasteiger partial charge in [-0.05, 0) is 27.7 Å². The minimum absolute atomic E-state index is 0.304. The van der Waals surface area contributed by atoms with Crippen LogP contribution >= 0.6 is 0 Å². The molecule has 2 atom stereocenters. The number of allylic oxidation sites excluding steroid dienone is 8. The zero-order valence-electron chi connectivity index (χ0n) is 12.8. The van der Waals surface area contributed by atoms with Crippen molar-refractivity contribution in [2.75, 3.05) is 14.2 Å². The molecule has 0 radical (unpaired) electrons. The van der Waals surface area contributed by atoms with E-state index in [0.29, 0.717) is 11.1 Å². The fourth-order valence-electron chi connectivity index (χ4n) is 3.43. The summed E-state index contributed by atoms with van der Waals surface area (Å²) >= 11 is 0. The van der Waals surface area contributed by atoms with E-state index in [2.05, 4.69) is 52.0 Å². The minimum atomic E-state index is -2.38. The van der Waals surface area contributed by atoms with Gasteiger partial charge in [-0.2, -0.15) is 0 Å². The monoisotopic (exact) mass is 276 g/mol. The van der Waals surface area contributed by atoms with Crippen LogP contribution in [0.2, 0.25) is 11.1 Å². The highest BCUT2D eigenvalue weighted by atomic mass is 28.4. The first-order chi connectivity index (χ1) is 8.94. The van der Waals surface area contributed by atoms with Gasteiger partial charge in [0, 0.05) is 25.3 Å². The van der Waals surface area contributed by atoms with Crippen LogP contribution in [-0.4, -0.2) is 22.8 Å². The van der Waals surface area contributed by atoms with Crippen LogP contribution in [0.3, 0.4) is 0 Å². The number of rotatable bonds is 4. The highest BCUT2D eigenvalue weighted by Gasteiger charge is 2.52. The molecule has 0 aromatic rings. The molecule has 0 saturated carbocycles. The molecule has 2 rings (SSSR count). The SMILES string of the molecule is CO[Si](OC)(C1C=C(C)C=C1C)C1C=C(C)C=C1C. The molecule has 0 heterocycles. The molecule has 19 heavy (non-hydrogen) atoms. The molecule has 0 amide bonds. The van der Waals surface area contributed by atoms with E-state index >= 15 is 0 Å². The quantitative estimate of drug-likeness (QED) is 0.714. The Morgan fingerprint density at radius 2 is 1.16 bits per heavy atom. The summed E-state index contributed by atoms with van der Waals surface area (Å²) in [7, 11) is 1.23. The Bertz CT molecular complexity index is 451. The Morgan fingerprint density at radius 1 is 0.789 bits per heavy atom. The summed E-state index contributed by atoms with van der Waals surface area (Å²) in [5, 5.41) is 0. The van der Waals surface area contributed by atoms with Gasteiger partial charge in [0.25, 0.3) is 0 Å². The van der Waals surface area contributed by atoms with E-state index in [1.54, 1.807) is 14.2 Å². The predicted octanol–water partition coefficient (Wildman–Crippen LogP) is 4.27. The fraction of sp³-hybridized carbons (Fsp3) is 0.500. The van der Waals surface area contributed by atoms with E-state index in [1.807, 2.05) is 0 Å². The third-order valence-corrected chi connectivity index (χ3v) is 8.51. The van der Waals surface area contributed by atoms with Gasteiger partial charge in [-0.1, -0.05) is 46.6 Å². The molecule has 3 heteroatoms. The van der Waals surface area contributed by atoms with Gasteiger partial charge >= 0.3 is 8.56 Å². The van der Waals surface area contributed by atoms with Crippen LogP contribution in [0.15, 0.2) is 46.6 Å². The summed E-state index contributed by atoms with van der Waals surface area (Å²) < 4.78 is 12.1. The zero-order valence-corrected chi connectivity index (χ0v) is 13.8. The summed E-state index contributed by atoms with van der Waals surface area (Å²) in [4.78, 5) is 0. The Morgan fingerprint density at radius 3 is 1.37 bits per heavy atom. The molecule has 0 aliphatic heterocycles. The Kier molecular flexibility index (Phi) is 3.99. The van der Waals surface area contributed by atoms with Crippen molar-refractivity contribution in [3.8, 4) is 0 Å². The average molecular weight is 276 g/mol. The van der Waals surface area contributed by atoms with E-state index in [4.69, 9.17) is 8.85 Å². The van der Waals surface area contributed by atoms with E-state index in [1.165, 1.54) is 22.3 Å². The molecule has 2 unspecified atom stereocenters. The van der Waals surface area contributed by atoms with Crippen molar-refractivity contribution in [3.63, 3.8) is 0 Å². The second-order valence-electron chi connectivity index (χ2n) is 5.68. The molecule has 0 aromatic heterocycles. The standard InChI is InChI=1S/C16H24O2Si/c1-11-7-13(3)15(9-11)19(17-5,18-6)16-10-12(2)8-14(16)4/h7-10,15-16H,1-6H3. The molecule has 0 bridgehead atoms. The zero-order chi connectivity index (χ0) is 14.2. The van der Waals surface area contributed by atoms with E-state index in [9.17, 15) is 0 Å². The largest absolute Gasteiger partial charge is 0.397 e. The minimum Gasteiger partial charge on any atom is -0.397 e. The lowest BCUT2D eigenvalue weighted by molar-refractivity contribution is 0.234. The maximum atomic E-state index is 6.04. The van der Waals surface area contributed by atoms with Gasteiger partial charge in [0.05, 0.1) is 0 Å². The molecule has 0 saturated heterocycles. The summed E-state index contributed by atoms with van der Waals surface area (Å²) in [6.45, 7) is 8.66. The maximum Gasteiger partial charge on any atom is 0.360 e. The van der Waals surface area contributed by atoms with Crippen molar-refractivity contribution in [1.29, 1.82) is 0 Å². The topological polar surface area (TPSA) is 18.5 Å². The van der Waals surface area contributed by atoms with E-state index in [0.717, 1.165) is 0 Å². The van der Waals surface area contributed by atoms with Gasteiger partial charge in [-0.25, -0.2) is 0 Å². The molecule has 2 aliphatic rings. The second kappa shape index (κ2) is 5.23. The van der Waals surface area contributed by atoms with E-state index in [-0.39, 0.29) is 0 Å². The molecule has 104 valence electrons. The Labute approximate surface area is 117 Å². The average Bonchev–Trinajstić information content (AvgIpc) is 2.86. The predicted molar refractivity (Wildman–Crippen MR) is 82.3 cm³/mol. The lowest BCUT2D eigenvalue weighted by atomic mass is 10.2. The molecule has 0 spiro atoms. The van der Waals surface area contributed by atoms with E-state index < -0.39 is 8.56 Å². The van der Waals surface area contributed by atoms with Crippen molar-refractivity contribution in [2.45, 2.75) is 38.8 Å². The van der Waals surface area contributed by atoms with Gasteiger partial charge in [0.15, 0.2) is 0 Å². The number of hydrogen-bond acceptors (Lipinski definition) is 2. The van der Waals surface area contributed by atoms with Crippen LogP contribution in [0.4, 0.5) is 0 Å². The Balaban J connectivity index is 2.45. The second-order valence-corrected chi connectivity index (χ2v) is 9.19. The van der Waals surface area contributed by atoms with Crippen molar-refractivity contribution in [2.24, 2.45) is 0 Å². The molecule has 0 N–H and O–H groups in total. The van der Waals surface area contributed by atoms with Gasteiger partial charge < -0.3 is 8.85 Å². The molecular weight excluding hydrogens is 252 g/mol. The van der Waals surface area contributed by atoms with Crippen molar-refractivity contribution >= 4 is 8.56 Å².